The largest absolute Gasteiger partial charge is 0.494 e. The number of fused-ring (bicyclic) bond motifs is 1. The molecule has 0 heterocycles. The molecule has 4 rings (SSSR count). The Bertz CT molecular complexity index is 941. The molecule has 1 atom stereocenters. The third-order valence-electron chi connectivity index (χ3n) is 5.50. The molecule has 0 unspecified atom stereocenters. The maximum absolute atomic E-state index is 10.2. The summed E-state index contributed by atoms with van der Waals surface area (Å²) < 4.78 is 5.71. The third kappa shape index (κ3) is 3.38. The van der Waals surface area contributed by atoms with Gasteiger partial charge < -0.3 is 9.84 Å². The quantitative estimate of drug-likeness (QED) is 0.597. The lowest BCUT2D eigenvalue weighted by atomic mass is 9.89. The SMILES string of the molecule is CCCOc1ccc(-c2cccc(-c3cccc4c3CC[C@@H]4O)c2C)cc1. The predicted molar refractivity (Wildman–Crippen MR) is 111 cm³/mol. The minimum absolute atomic E-state index is 0.320. The van der Waals surface area contributed by atoms with E-state index < -0.39 is 0 Å². The van der Waals surface area contributed by atoms with E-state index in [0.29, 0.717) is 0 Å². The third-order valence-corrected chi connectivity index (χ3v) is 5.50. The number of rotatable bonds is 5. The zero-order valence-electron chi connectivity index (χ0n) is 16.0. The van der Waals surface area contributed by atoms with Gasteiger partial charge in [0, 0.05) is 0 Å². The zero-order chi connectivity index (χ0) is 18.8. The molecule has 1 aliphatic carbocycles. The highest BCUT2D eigenvalue weighted by Gasteiger charge is 2.23. The van der Waals surface area contributed by atoms with Gasteiger partial charge in [0.05, 0.1) is 12.7 Å². The molecule has 2 nitrogen and oxygen atoms in total. The highest BCUT2D eigenvalue weighted by molar-refractivity contribution is 5.80. The molecule has 138 valence electrons. The summed E-state index contributed by atoms with van der Waals surface area (Å²) in [5.74, 6) is 0.921. The van der Waals surface area contributed by atoms with Crippen molar-refractivity contribution in [3.05, 3.63) is 77.4 Å². The second kappa shape index (κ2) is 7.58. The molecule has 0 aliphatic heterocycles. The maximum Gasteiger partial charge on any atom is 0.119 e. The van der Waals surface area contributed by atoms with Crippen LogP contribution >= 0.6 is 0 Å². The summed E-state index contributed by atoms with van der Waals surface area (Å²) in [6.07, 6.45) is 2.46. The summed E-state index contributed by atoms with van der Waals surface area (Å²) >= 11 is 0. The van der Waals surface area contributed by atoms with Crippen LogP contribution in [0, 0.1) is 6.92 Å². The van der Waals surface area contributed by atoms with Crippen LogP contribution < -0.4 is 4.74 Å². The summed E-state index contributed by atoms with van der Waals surface area (Å²) in [5.41, 5.74) is 8.62. The molecule has 0 saturated heterocycles. The Balaban J connectivity index is 1.73. The molecule has 1 N–H and O–H groups in total. The number of hydrogen-bond acceptors (Lipinski definition) is 2. The number of aliphatic hydroxyl groups excluding tert-OH is 1. The second-order valence-corrected chi connectivity index (χ2v) is 7.28. The fourth-order valence-electron chi connectivity index (χ4n) is 4.08. The van der Waals surface area contributed by atoms with Gasteiger partial charge in [-0.15, -0.1) is 0 Å². The highest BCUT2D eigenvalue weighted by Crippen LogP contribution is 2.40. The van der Waals surface area contributed by atoms with Crippen LogP contribution in [-0.4, -0.2) is 11.7 Å². The standard InChI is InChI=1S/C25H26O2/c1-3-16-27-19-12-10-18(11-13-19)20-6-4-7-21(17(20)2)22-8-5-9-24-23(22)14-15-25(24)26/h4-13,25-26H,3,14-16H2,1-2H3/t25-/m0/s1. The van der Waals surface area contributed by atoms with Crippen molar-refractivity contribution < 1.29 is 9.84 Å². The number of hydrogen-bond donors (Lipinski definition) is 1. The summed E-state index contributed by atoms with van der Waals surface area (Å²) in [7, 11) is 0. The number of ether oxygens (including phenoxy) is 1. The average Bonchev–Trinajstić information content (AvgIpc) is 3.08. The fourth-order valence-corrected chi connectivity index (χ4v) is 4.08. The first kappa shape index (κ1) is 17.8. The van der Waals surface area contributed by atoms with Gasteiger partial charge in [0.25, 0.3) is 0 Å². The molecule has 27 heavy (non-hydrogen) atoms. The molecule has 0 radical (unpaired) electrons. The van der Waals surface area contributed by atoms with E-state index in [0.717, 1.165) is 37.2 Å². The van der Waals surface area contributed by atoms with Crippen molar-refractivity contribution in [2.45, 2.75) is 39.2 Å². The zero-order valence-corrected chi connectivity index (χ0v) is 16.0. The molecule has 1 aliphatic rings. The lowest BCUT2D eigenvalue weighted by Gasteiger charge is -2.15. The molecule has 0 bridgehead atoms. The van der Waals surface area contributed by atoms with Crippen molar-refractivity contribution in [1.29, 1.82) is 0 Å². The molecular formula is C25H26O2. The Hall–Kier alpha value is -2.58. The van der Waals surface area contributed by atoms with E-state index in [-0.39, 0.29) is 6.10 Å². The van der Waals surface area contributed by atoms with Crippen molar-refractivity contribution in [2.75, 3.05) is 6.61 Å². The molecule has 3 aromatic carbocycles. The highest BCUT2D eigenvalue weighted by atomic mass is 16.5. The molecule has 2 heteroatoms. The maximum atomic E-state index is 10.2. The Labute approximate surface area is 161 Å². The first-order valence-corrected chi connectivity index (χ1v) is 9.82. The summed E-state index contributed by atoms with van der Waals surface area (Å²) in [6, 6.07) is 21.2. The minimum atomic E-state index is -0.320. The Kier molecular flexibility index (Phi) is 5.00. The first-order valence-electron chi connectivity index (χ1n) is 9.82. The molecule has 3 aromatic rings. The minimum Gasteiger partial charge on any atom is -0.494 e. The normalized spacial score (nSPS) is 15.6. The van der Waals surface area contributed by atoms with E-state index >= 15 is 0 Å². The van der Waals surface area contributed by atoms with Crippen molar-refractivity contribution >= 4 is 0 Å². The molecule has 0 amide bonds. The van der Waals surface area contributed by atoms with Crippen LogP contribution in [0.3, 0.4) is 0 Å². The van der Waals surface area contributed by atoms with Crippen molar-refractivity contribution in [3.63, 3.8) is 0 Å². The van der Waals surface area contributed by atoms with Gasteiger partial charge in [0.1, 0.15) is 5.75 Å². The van der Waals surface area contributed by atoms with Gasteiger partial charge in [-0.1, -0.05) is 55.5 Å². The Morgan fingerprint density at radius 3 is 2.41 bits per heavy atom. The fraction of sp³-hybridized carbons (Fsp3) is 0.280. The molecular weight excluding hydrogens is 332 g/mol. The first-order chi connectivity index (χ1) is 13.2. The average molecular weight is 358 g/mol. The van der Waals surface area contributed by atoms with Crippen LogP contribution in [0.5, 0.6) is 5.75 Å². The monoisotopic (exact) mass is 358 g/mol. The molecule has 0 spiro atoms. The summed E-state index contributed by atoms with van der Waals surface area (Å²) in [6.45, 7) is 5.05. The summed E-state index contributed by atoms with van der Waals surface area (Å²) in [5, 5.41) is 10.2. The van der Waals surface area contributed by atoms with E-state index in [2.05, 4.69) is 62.4 Å². The Morgan fingerprint density at radius 2 is 1.63 bits per heavy atom. The van der Waals surface area contributed by atoms with E-state index in [4.69, 9.17) is 4.74 Å². The van der Waals surface area contributed by atoms with Gasteiger partial charge in [-0.05, 0) is 77.3 Å². The van der Waals surface area contributed by atoms with Crippen LogP contribution in [0.4, 0.5) is 0 Å². The van der Waals surface area contributed by atoms with E-state index in [1.807, 2.05) is 12.1 Å². The van der Waals surface area contributed by atoms with Gasteiger partial charge in [-0.25, -0.2) is 0 Å². The van der Waals surface area contributed by atoms with Crippen LogP contribution in [-0.2, 0) is 6.42 Å². The smallest absolute Gasteiger partial charge is 0.119 e. The van der Waals surface area contributed by atoms with Crippen molar-refractivity contribution in [3.8, 4) is 28.0 Å². The van der Waals surface area contributed by atoms with E-state index in [1.54, 1.807) is 0 Å². The van der Waals surface area contributed by atoms with Gasteiger partial charge in [-0.2, -0.15) is 0 Å². The predicted octanol–water partition coefficient (Wildman–Crippen LogP) is 6.10. The van der Waals surface area contributed by atoms with Gasteiger partial charge >= 0.3 is 0 Å². The lowest BCUT2D eigenvalue weighted by molar-refractivity contribution is 0.180. The van der Waals surface area contributed by atoms with Crippen LogP contribution in [0.15, 0.2) is 60.7 Å². The van der Waals surface area contributed by atoms with Gasteiger partial charge in [0.2, 0.25) is 0 Å². The molecule has 0 saturated carbocycles. The van der Waals surface area contributed by atoms with E-state index in [9.17, 15) is 5.11 Å². The van der Waals surface area contributed by atoms with Gasteiger partial charge in [-0.3, -0.25) is 0 Å². The molecule has 0 aromatic heterocycles. The number of aliphatic hydroxyl groups is 1. The van der Waals surface area contributed by atoms with Gasteiger partial charge in [0.15, 0.2) is 0 Å². The second-order valence-electron chi connectivity index (χ2n) is 7.28. The Morgan fingerprint density at radius 1 is 0.926 bits per heavy atom. The van der Waals surface area contributed by atoms with Crippen molar-refractivity contribution in [1.82, 2.24) is 0 Å². The van der Waals surface area contributed by atoms with Crippen molar-refractivity contribution in [2.24, 2.45) is 0 Å². The lowest BCUT2D eigenvalue weighted by Crippen LogP contribution is -1.95. The number of benzene rings is 3. The van der Waals surface area contributed by atoms with Crippen LogP contribution in [0.1, 0.15) is 42.6 Å². The molecule has 0 fully saturated rings. The van der Waals surface area contributed by atoms with Crippen LogP contribution in [0.2, 0.25) is 0 Å². The van der Waals surface area contributed by atoms with Crippen LogP contribution in [0.25, 0.3) is 22.3 Å². The summed E-state index contributed by atoms with van der Waals surface area (Å²) in [4.78, 5) is 0. The van der Waals surface area contributed by atoms with E-state index in [1.165, 1.54) is 33.4 Å². The topological polar surface area (TPSA) is 29.5 Å².